The molecule has 0 radical (unpaired) electrons. The minimum Gasteiger partial charge on any atom is -0.458 e. The molecule has 9 atom stereocenters. The van der Waals surface area contributed by atoms with Crippen molar-refractivity contribution in [1.29, 1.82) is 0 Å². The number of hydrogen-bond donors (Lipinski definition) is 0. The fraction of sp³-hybridized carbons (Fsp3) is 0.710. The SMILES string of the molecule is CCC1OC(=O)C(C)CC(C)CC(C)(OC)CC(C)C(=O)C(C)C2C(SCc3ccccc3)C(=O)OC12C. The Morgan fingerprint density at radius 2 is 1.63 bits per heavy atom. The van der Waals surface area contributed by atoms with Crippen molar-refractivity contribution in [3.8, 4) is 0 Å². The topological polar surface area (TPSA) is 78.9 Å². The van der Waals surface area contributed by atoms with Gasteiger partial charge in [-0.15, -0.1) is 11.8 Å². The Morgan fingerprint density at radius 3 is 2.24 bits per heavy atom. The van der Waals surface area contributed by atoms with Crippen LogP contribution in [0.3, 0.4) is 0 Å². The molecule has 1 aromatic carbocycles. The number of carbonyl (C=O) groups excluding carboxylic acids is 3. The molecule has 212 valence electrons. The molecule has 0 N–H and O–H groups in total. The summed E-state index contributed by atoms with van der Waals surface area (Å²) in [5.74, 6) is -1.19. The third-order valence-corrected chi connectivity index (χ3v) is 10.1. The summed E-state index contributed by atoms with van der Waals surface area (Å²) in [6.45, 7) is 13.7. The first-order chi connectivity index (χ1) is 17.8. The second-order valence-electron chi connectivity index (χ2n) is 12.1. The lowest BCUT2D eigenvalue weighted by molar-refractivity contribution is -0.183. The summed E-state index contributed by atoms with van der Waals surface area (Å²) in [4.78, 5) is 40.7. The molecule has 3 rings (SSSR count). The zero-order chi connectivity index (χ0) is 28.3. The highest BCUT2D eigenvalue weighted by Gasteiger charge is 2.61. The predicted octanol–water partition coefficient (Wildman–Crippen LogP) is 6.24. The number of cyclic esters (lactones) is 1. The fourth-order valence-corrected chi connectivity index (χ4v) is 8.23. The Labute approximate surface area is 232 Å². The number of benzene rings is 1. The van der Waals surface area contributed by atoms with Crippen molar-refractivity contribution in [3.05, 3.63) is 35.9 Å². The van der Waals surface area contributed by atoms with Crippen LogP contribution in [0.1, 0.15) is 79.7 Å². The minimum absolute atomic E-state index is 0.0902. The Bertz CT molecular complexity index is 982. The summed E-state index contributed by atoms with van der Waals surface area (Å²) in [6.07, 6.45) is 1.82. The summed E-state index contributed by atoms with van der Waals surface area (Å²) in [6, 6.07) is 9.97. The number of Topliss-reactive ketones (excluding diaryl/α,β-unsaturated/α-hetero) is 1. The number of ether oxygens (including phenoxy) is 3. The van der Waals surface area contributed by atoms with E-state index in [0.717, 1.165) is 12.0 Å². The second-order valence-corrected chi connectivity index (χ2v) is 13.2. The number of methoxy groups -OCH3 is 1. The molecule has 6 nitrogen and oxygen atoms in total. The molecule has 0 bridgehead atoms. The maximum Gasteiger partial charge on any atom is 0.320 e. The number of thioether (sulfide) groups is 1. The molecule has 0 aromatic heterocycles. The van der Waals surface area contributed by atoms with E-state index < -0.39 is 34.4 Å². The monoisotopic (exact) mass is 546 g/mol. The largest absolute Gasteiger partial charge is 0.458 e. The van der Waals surface area contributed by atoms with Crippen LogP contribution in [0.2, 0.25) is 0 Å². The lowest BCUT2D eigenvalue weighted by Gasteiger charge is -2.41. The molecule has 0 saturated carbocycles. The van der Waals surface area contributed by atoms with Crippen LogP contribution < -0.4 is 0 Å². The summed E-state index contributed by atoms with van der Waals surface area (Å²) in [5, 5.41) is -0.543. The van der Waals surface area contributed by atoms with Crippen LogP contribution >= 0.6 is 11.8 Å². The predicted molar refractivity (Wildman–Crippen MR) is 151 cm³/mol. The number of ketones is 1. The van der Waals surface area contributed by atoms with Crippen LogP contribution in [0, 0.1) is 29.6 Å². The van der Waals surface area contributed by atoms with E-state index in [0.29, 0.717) is 25.0 Å². The summed E-state index contributed by atoms with van der Waals surface area (Å²) in [5.41, 5.74) is -0.505. The van der Waals surface area contributed by atoms with Crippen LogP contribution in [0.15, 0.2) is 30.3 Å². The molecule has 0 spiro atoms. The lowest BCUT2D eigenvalue weighted by Crippen LogP contribution is -2.52. The van der Waals surface area contributed by atoms with Gasteiger partial charge < -0.3 is 14.2 Å². The molecule has 2 aliphatic heterocycles. The smallest absolute Gasteiger partial charge is 0.320 e. The third-order valence-electron chi connectivity index (χ3n) is 8.72. The normalized spacial score (nSPS) is 39.2. The van der Waals surface area contributed by atoms with Gasteiger partial charge in [0.2, 0.25) is 0 Å². The molecule has 2 saturated heterocycles. The highest BCUT2D eigenvalue weighted by molar-refractivity contribution is 7.99. The van der Waals surface area contributed by atoms with Gasteiger partial charge in [0.05, 0.1) is 11.5 Å². The number of rotatable bonds is 5. The molecule has 2 fully saturated rings. The van der Waals surface area contributed by atoms with E-state index in [-0.39, 0.29) is 35.5 Å². The third kappa shape index (κ3) is 6.64. The average molecular weight is 547 g/mol. The van der Waals surface area contributed by atoms with Crippen molar-refractivity contribution in [3.63, 3.8) is 0 Å². The zero-order valence-electron chi connectivity index (χ0n) is 24.3. The second kappa shape index (κ2) is 12.5. The van der Waals surface area contributed by atoms with E-state index in [1.165, 1.54) is 11.8 Å². The van der Waals surface area contributed by atoms with Gasteiger partial charge in [0.15, 0.2) is 5.60 Å². The van der Waals surface area contributed by atoms with Crippen molar-refractivity contribution in [2.24, 2.45) is 29.6 Å². The molecule has 1 aromatic rings. The van der Waals surface area contributed by atoms with Crippen molar-refractivity contribution < 1.29 is 28.6 Å². The molecule has 2 aliphatic rings. The molecule has 38 heavy (non-hydrogen) atoms. The lowest BCUT2D eigenvalue weighted by atomic mass is 9.70. The summed E-state index contributed by atoms with van der Waals surface area (Å²) >= 11 is 1.51. The molecule has 2 heterocycles. The molecular formula is C31H46O6S. The van der Waals surface area contributed by atoms with Crippen molar-refractivity contribution in [1.82, 2.24) is 0 Å². The Kier molecular flexibility index (Phi) is 10.1. The van der Waals surface area contributed by atoms with Gasteiger partial charge in [-0.3, -0.25) is 14.4 Å². The number of carbonyl (C=O) groups is 3. The first kappa shape index (κ1) is 30.7. The van der Waals surface area contributed by atoms with E-state index in [2.05, 4.69) is 6.92 Å². The first-order valence-corrected chi connectivity index (χ1v) is 15.1. The molecular weight excluding hydrogens is 500 g/mol. The van der Waals surface area contributed by atoms with Gasteiger partial charge in [-0.25, -0.2) is 0 Å². The van der Waals surface area contributed by atoms with E-state index in [1.54, 1.807) is 7.11 Å². The minimum atomic E-state index is -1.11. The van der Waals surface area contributed by atoms with E-state index in [1.807, 2.05) is 71.9 Å². The van der Waals surface area contributed by atoms with E-state index in [9.17, 15) is 14.4 Å². The van der Waals surface area contributed by atoms with Gasteiger partial charge in [-0.05, 0) is 51.0 Å². The van der Waals surface area contributed by atoms with Crippen molar-refractivity contribution in [2.75, 3.05) is 7.11 Å². The maximum absolute atomic E-state index is 14.0. The van der Waals surface area contributed by atoms with Gasteiger partial charge >= 0.3 is 11.9 Å². The van der Waals surface area contributed by atoms with Crippen LogP contribution in [-0.2, 0) is 34.3 Å². The van der Waals surface area contributed by atoms with Crippen LogP contribution in [0.4, 0.5) is 0 Å². The summed E-state index contributed by atoms with van der Waals surface area (Å²) < 4.78 is 18.2. The number of fused-ring (bicyclic) bond motifs is 1. The number of hydrogen-bond acceptors (Lipinski definition) is 7. The number of esters is 2. The Balaban J connectivity index is 2.03. The molecule has 7 heteroatoms. The quantitative estimate of drug-likeness (QED) is 0.404. The highest BCUT2D eigenvalue weighted by Crippen LogP contribution is 2.49. The van der Waals surface area contributed by atoms with Gasteiger partial charge in [0.25, 0.3) is 0 Å². The van der Waals surface area contributed by atoms with Crippen LogP contribution in [-0.4, -0.2) is 47.4 Å². The first-order valence-electron chi connectivity index (χ1n) is 14.0. The molecule has 9 unspecified atom stereocenters. The fourth-order valence-electron chi connectivity index (χ4n) is 6.77. The van der Waals surface area contributed by atoms with Crippen molar-refractivity contribution >= 4 is 29.5 Å². The van der Waals surface area contributed by atoms with Crippen LogP contribution in [0.25, 0.3) is 0 Å². The molecule has 0 amide bonds. The Morgan fingerprint density at radius 1 is 0.974 bits per heavy atom. The Hall–Kier alpha value is -1.86. The highest BCUT2D eigenvalue weighted by atomic mass is 32.2. The van der Waals surface area contributed by atoms with Crippen LogP contribution in [0.5, 0.6) is 0 Å². The van der Waals surface area contributed by atoms with E-state index >= 15 is 0 Å². The maximum atomic E-state index is 14.0. The van der Waals surface area contributed by atoms with Crippen molar-refractivity contribution in [2.45, 2.75) is 102 Å². The van der Waals surface area contributed by atoms with Gasteiger partial charge in [0.1, 0.15) is 17.1 Å². The van der Waals surface area contributed by atoms with Gasteiger partial charge in [-0.1, -0.05) is 65.0 Å². The average Bonchev–Trinajstić information content (AvgIpc) is 3.14. The standard InChI is InChI=1S/C31H46O6S/c1-9-24-31(7)25(27(29(34)37-31)38-18-23-13-11-10-12-14-23)22(5)26(32)21(4)17-30(6,35-8)16-19(2)15-20(3)28(33)36-24/h10-14,19-22,24-25,27H,9,15-18H2,1-8H3. The van der Waals surface area contributed by atoms with E-state index in [4.69, 9.17) is 14.2 Å². The zero-order valence-corrected chi connectivity index (χ0v) is 25.1. The molecule has 0 aliphatic carbocycles. The van der Waals surface area contributed by atoms with Gasteiger partial charge in [0, 0.05) is 30.6 Å². The summed E-state index contributed by atoms with van der Waals surface area (Å²) in [7, 11) is 1.69. The van der Waals surface area contributed by atoms with Gasteiger partial charge in [-0.2, -0.15) is 0 Å².